The van der Waals surface area contributed by atoms with Gasteiger partial charge < -0.3 is 10.6 Å². The number of nitrogens with zero attached hydrogens (tertiary/aromatic N) is 1. The fourth-order valence-corrected chi connectivity index (χ4v) is 3.21. The van der Waals surface area contributed by atoms with Crippen molar-refractivity contribution in [3.8, 4) is 0 Å². The molecule has 2 rings (SSSR count). The Hall–Kier alpha value is -2.87. The Morgan fingerprint density at radius 3 is 2.38 bits per heavy atom. The molecule has 8 heteroatoms. The molecule has 1 unspecified atom stereocenters. The van der Waals surface area contributed by atoms with Gasteiger partial charge in [0.25, 0.3) is 11.8 Å². The van der Waals surface area contributed by atoms with Crippen molar-refractivity contribution in [2.45, 2.75) is 33.2 Å². The summed E-state index contributed by atoms with van der Waals surface area (Å²) >= 11 is 0. The molecule has 0 spiro atoms. The number of rotatable bonds is 7. The summed E-state index contributed by atoms with van der Waals surface area (Å²) in [4.78, 5) is 25.3. The van der Waals surface area contributed by atoms with Crippen molar-refractivity contribution in [3.05, 3.63) is 59.2 Å². The minimum absolute atomic E-state index is 0.0115. The van der Waals surface area contributed by atoms with Gasteiger partial charge in [0.15, 0.2) is 0 Å². The molecular weight excluding hydrogens is 390 g/mol. The van der Waals surface area contributed by atoms with E-state index in [2.05, 4.69) is 10.6 Å². The maximum Gasteiger partial charge on any atom is 0.255 e. The second-order valence-corrected chi connectivity index (χ2v) is 9.03. The number of sulfonamides is 1. The highest BCUT2D eigenvalue weighted by atomic mass is 32.2. The van der Waals surface area contributed by atoms with Crippen molar-refractivity contribution in [2.24, 2.45) is 0 Å². The van der Waals surface area contributed by atoms with E-state index in [-0.39, 0.29) is 11.9 Å². The van der Waals surface area contributed by atoms with E-state index in [0.29, 0.717) is 22.5 Å². The average Bonchev–Trinajstić information content (AvgIpc) is 2.67. The number of amides is 2. The van der Waals surface area contributed by atoms with Crippen LogP contribution in [0.3, 0.4) is 0 Å². The van der Waals surface area contributed by atoms with Crippen molar-refractivity contribution in [3.63, 3.8) is 0 Å². The Kier molecular flexibility index (Phi) is 7.02. The van der Waals surface area contributed by atoms with Gasteiger partial charge in [-0.3, -0.25) is 13.9 Å². The van der Waals surface area contributed by atoms with Crippen LogP contribution >= 0.6 is 0 Å². The van der Waals surface area contributed by atoms with Gasteiger partial charge >= 0.3 is 0 Å². The Balaban J connectivity index is 2.31. The van der Waals surface area contributed by atoms with Gasteiger partial charge in [-0.15, -0.1) is 0 Å². The molecule has 2 amide bonds. The molecule has 2 N–H and O–H groups in total. The number of aryl methyl sites for hydroxylation is 1. The van der Waals surface area contributed by atoms with Crippen LogP contribution in [0, 0.1) is 6.92 Å². The van der Waals surface area contributed by atoms with E-state index < -0.39 is 15.9 Å². The molecule has 0 aliphatic carbocycles. The first-order valence-electron chi connectivity index (χ1n) is 9.30. The van der Waals surface area contributed by atoms with Crippen LogP contribution < -0.4 is 14.9 Å². The number of carbonyl (C=O) groups is 2. The van der Waals surface area contributed by atoms with Crippen molar-refractivity contribution in [1.29, 1.82) is 0 Å². The molecule has 2 aromatic carbocycles. The van der Waals surface area contributed by atoms with Crippen LogP contribution in [0.25, 0.3) is 0 Å². The van der Waals surface area contributed by atoms with Crippen LogP contribution in [0.1, 0.15) is 46.5 Å². The molecule has 0 fully saturated rings. The van der Waals surface area contributed by atoms with Gasteiger partial charge in [-0.1, -0.05) is 25.1 Å². The van der Waals surface area contributed by atoms with Crippen LogP contribution in [-0.4, -0.2) is 39.6 Å². The zero-order valence-electron chi connectivity index (χ0n) is 17.3. The molecule has 0 saturated heterocycles. The lowest BCUT2D eigenvalue weighted by Gasteiger charge is -2.20. The Labute approximate surface area is 172 Å². The number of nitrogens with one attached hydrogen (secondary N) is 2. The minimum Gasteiger partial charge on any atom is -0.350 e. The molecule has 0 aliphatic heterocycles. The molecule has 2 aromatic rings. The van der Waals surface area contributed by atoms with E-state index >= 15 is 0 Å². The summed E-state index contributed by atoms with van der Waals surface area (Å²) in [6.07, 6.45) is 1.89. The highest BCUT2D eigenvalue weighted by molar-refractivity contribution is 7.92. The van der Waals surface area contributed by atoms with E-state index in [0.717, 1.165) is 22.5 Å². The SMILES string of the molecule is CCC(C)NC(=O)c1ccccc1NC(=O)c1ccc(C)c(N(C)S(C)(=O)=O)c1. The van der Waals surface area contributed by atoms with Crippen LogP contribution in [0.2, 0.25) is 0 Å². The molecule has 7 nitrogen and oxygen atoms in total. The fraction of sp³-hybridized carbons (Fsp3) is 0.333. The smallest absolute Gasteiger partial charge is 0.255 e. The Bertz CT molecular complexity index is 1020. The third kappa shape index (κ3) is 5.57. The maximum atomic E-state index is 12.8. The van der Waals surface area contributed by atoms with E-state index in [1.807, 2.05) is 13.8 Å². The summed E-state index contributed by atoms with van der Waals surface area (Å²) < 4.78 is 24.9. The number of anilines is 2. The quantitative estimate of drug-likeness (QED) is 0.723. The van der Waals surface area contributed by atoms with Crippen LogP contribution in [-0.2, 0) is 10.0 Å². The van der Waals surface area contributed by atoms with Crippen molar-refractivity contribution < 1.29 is 18.0 Å². The largest absolute Gasteiger partial charge is 0.350 e. The summed E-state index contributed by atoms with van der Waals surface area (Å²) in [5, 5.41) is 5.64. The lowest BCUT2D eigenvalue weighted by molar-refractivity contribution is 0.0940. The molecule has 0 saturated carbocycles. The molecule has 0 aromatic heterocycles. The van der Waals surface area contributed by atoms with Crippen LogP contribution in [0.15, 0.2) is 42.5 Å². The monoisotopic (exact) mass is 417 g/mol. The molecule has 0 heterocycles. The summed E-state index contributed by atoms with van der Waals surface area (Å²) in [6.45, 7) is 5.65. The standard InChI is InChI=1S/C21H27N3O4S/c1-6-15(3)22-21(26)17-9-7-8-10-18(17)23-20(25)16-12-11-14(2)19(13-16)24(4)29(5,27)28/h7-13,15H,6H2,1-5H3,(H,22,26)(H,23,25). The van der Waals surface area contributed by atoms with E-state index in [4.69, 9.17) is 0 Å². The zero-order valence-corrected chi connectivity index (χ0v) is 18.1. The lowest BCUT2D eigenvalue weighted by atomic mass is 10.1. The first-order valence-corrected chi connectivity index (χ1v) is 11.1. The molecule has 0 radical (unpaired) electrons. The highest BCUT2D eigenvalue weighted by Gasteiger charge is 2.18. The van der Waals surface area contributed by atoms with Crippen molar-refractivity contribution >= 4 is 33.2 Å². The number of benzene rings is 2. The first-order chi connectivity index (χ1) is 13.5. The summed E-state index contributed by atoms with van der Waals surface area (Å²) in [5.74, 6) is -0.700. The topological polar surface area (TPSA) is 95.6 Å². The molecule has 0 aliphatic rings. The van der Waals surface area contributed by atoms with Gasteiger partial charge in [0.2, 0.25) is 10.0 Å². The van der Waals surface area contributed by atoms with E-state index in [9.17, 15) is 18.0 Å². The summed E-state index contributed by atoms with van der Waals surface area (Å²) in [5.41, 5.74) is 2.18. The summed E-state index contributed by atoms with van der Waals surface area (Å²) in [7, 11) is -2.02. The van der Waals surface area contributed by atoms with Gasteiger partial charge in [-0.2, -0.15) is 0 Å². The third-order valence-electron chi connectivity index (χ3n) is 4.72. The van der Waals surface area contributed by atoms with Crippen LogP contribution in [0.4, 0.5) is 11.4 Å². The van der Waals surface area contributed by atoms with Gasteiger partial charge in [0.1, 0.15) is 0 Å². The first kappa shape index (κ1) is 22.4. The summed E-state index contributed by atoms with van der Waals surface area (Å²) in [6, 6.07) is 11.6. The molecular formula is C21H27N3O4S. The third-order valence-corrected chi connectivity index (χ3v) is 5.91. The fourth-order valence-electron chi connectivity index (χ4n) is 2.66. The Morgan fingerprint density at radius 1 is 1.10 bits per heavy atom. The second-order valence-electron chi connectivity index (χ2n) is 7.01. The van der Waals surface area contributed by atoms with Gasteiger partial charge in [0, 0.05) is 18.7 Å². The second kappa shape index (κ2) is 9.09. The zero-order chi connectivity index (χ0) is 21.8. The maximum absolute atomic E-state index is 12.8. The van der Waals surface area contributed by atoms with Gasteiger partial charge in [-0.05, 0) is 50.1 Å². The van der Waals surface area contributed by atoms with E-state index in [1.54, 1.807) is 43.3 Å². The molecule has 0 bridgehead atoms. The van der Waals surface area contributed by atoms with Crippen molar-refractivity contribution in [1.82, 2.24) is 5.32 Å². The molecule has 156 valence electrons. The highest BCUT2D eigenvalue weighted by Crippen LogP contribution is 2.24. The molecule has 29 heavy (non-hydrogen) atoms. The van der Waals surface area contributed by atoms with Crippen molar-refractivity contribution in [2.75, 3.05) is 22.9 Å². The van der Waals surface area contributed by atoms with Crippen LogP contribution in [0.5, 0.6) is 0 Å². The predicted molar refractivity (Wildman–Crippen MR) is 116 cm³/mol. The number of hydrogen-bond acceptors (Lipinski definition) is 4. The van der Waals surface area contributed by atoms with Gasteiger partial charge in [0.05, 0.1) is 23.2 Å². The minimum atomic E-state index is -3.46. The van der Waals surface area contributed by atoms with Gasteiger partial charge in [-0.25, -0.2) is 8.42 Å². The normalized spacial score (nSPS) is 12.2. The lowest BCUT2D eigenvalue weighted by Crippen LogP contribution is -2.32. The van der Waals surface area contributed by atoms with E-state index in [1.165, 1.54) is 13.1 Å². The number of para-hydroxylation sites is 1. The number of carbonyl (C=O) groups excluding carboxylic acids is 2. The Morgan fingerprint density at radius 2 is 1.76 bits per heavy atom. The predicted octanol–water partition coefficient (Wildman–Crippen LogP) is 3.17. The average molecular weight is 418 g/mol. The molecule has 1 atom stereocenters. The number of hydrogen-bond donors (Lipinski definition) is 2.